The Balaban J connectivity index is 1.96. The highest BCUT2D eigenvalue weighted by Crippen LogP contribution is 2.23. The predicted molar refractivity (Wildman–Crippen MR) is 81.8 cm³/mol. The van der Waals surface area contributed by atoms with Gasteiger partial charge in [0.05, 0.1) is 23.3 Å². The van der Waals surface area contributed by atoms with E-state index in [1.54, 1.807) is 6.07 Å². The van der Waals surface area contributed by atoms with Gasteiger partial charge in [-0.25, -0.2) is 0 Å². The second-order valence-corrected chi connectivity index (χ2v) is 5.74. The molecule has 1 saturated heterocycles. The minimum atomic E-state index is 0.00879. The molecule has 1 amide bonds. The van der Waals surface area contributed by atoms with E-state index in [-0.39, 0.29) is 12.0 Å². The van der Waals surface area contributed by atoms with E-state index in [1.165, 1.54) is 0 Å². The van der Waals surface area contributed by atoms with E-state index in [0.717, 1.165) is 18.4 Å². The molecule has 1 aromatic carbocycles. The maximum atomic E-state index is 12.5. The van der Waals surface area contributed by atoms with Crippen LogP contribution in [0.15, 0.2) is 18.2 Å². The van der Waals surface area contributed by atoms with Crippen LogP contribution >= 0.6 is 23.2 Å². The number of amides is 1. The van der Waals surface area contributed by atoms with Crippen molar-refractivity contribution in [3.63, 3.8) is 0 Å². The predicted octanol–water partition coefficient (Wildman–Crippen LogP) is 3.51. The number of hydrogen-bond acceptors (Lipinski definition) is 2. The van der Waals surface area contributed by atoms with E-state index in [9.17, 15) is 4.79 Å². The smallest absolute Gasteiger partial charge is 0.255 e. The van der Waals surface area contributed by atoms with E-state index < -0.39 is 0 Å². The van der Waals surface area contributed by atoms with Gasteiger partial charge in [-0.3, -0.25) is 4.79 Å². The van der Waals surface area contributed by atoms with Gasteiger partial charge in [0, 0.05) is 19.0 Å². The summed E-state index contributed by atoms with van der Waals surface area (Å²) in [4.78, 5) is 14.3. The first-order chi connectivity index (χ1) is 9.63. The lowest BCUT2D eigenvalue weighted by molar-refractivity contribution is 0.0154. The molecule has 110 valence electrons. The summed E-state index contributed by atoms with van der Waals surface area (Å²) in [7, 11) is 0. The lowest BCUT2D eigenvalue weighted by atomic mass is 10.1. The molecule has 1 heterocycles. The molecule has 1 fully saturated rings. The van der Waals surface area contributed by atoms with E-state index in [4.69, 9.17) is 27.9 Å². The summed E-state index contributed by atoms with van der Waals surface area (Å²) in [6, 6.07) is 5.56. The average molecular weight is 316 g/mol. The molecule has 1 aromatic rings. The van der Waals surface area contributed by atoms with Gasteiger partial charge in [0.1, 0.15) is 0 Å². The molecule has 0 spiro atoms. The summed E-state index contributed by atoms with van der Waals surface area (Å²) in [5.41, 5.74) is 1.52. The third kappa shape index (κ3) is 3.66. The molecule has 0 aromatic heterocycles. The zero-order chi connectivity index (χ0) is 14.5. The number of aryl methyl sites for hydroxylation is 1. The first kappa shape index (κ1) is 15.6. The number of likely N-dealkylation sites (tertiary alicyclic amines) is 1. The van der Waals surface area contributed by atoms with Crippen LogP contribution in [0.1, 0.15) is 28.8 Å². The van der Waals surface area contributed by atoms with Crippen LogP contribution in [0.3, 0.4) is 0 Å². The van der Waals surface area contributed by atoms with Crippen molar-refractivity contribution in [3.05, 3.63) is 34.3 Å². The molecule has 1 aliphatic heterocycles. The second kappa shape index (κ2) is 7.30. The summed E-state index contributed by atoms with van der Waals surface area (Å²) in [5, 5.41) is 0.554. The Kier molecular flexibility index (Phi) is 5.70. The first-order valence-electron chi connectivity index (χ1n) is 6.85. The van der Waals surface area contributed by atoms with Crippen LogP contribution in [0.2, 0.25) is 5.02 Å². The van der Waals surface area contributed by atoms with Gasteiger partial charge in [0.25, 0.3) is 5.91 Å². The van der Waals surface area contributed by atoms with Gasteiger partial charge in [-0.1, -0.05) is 23.7 Å². The zero-order valence-electron chi connectivity index (χ0n) is 11.6. The van der Waals surface area contributed by atoms with E-state index >= 15 is 0 Å². The summed E-state index contributed by atoms with van der Waals surface area (Å²) in [6.45, 7) is 3.89. The number of alkyl halides is 1. The summed E-state index contributed by atoms with van der Waals surface area (Å²) in [5.74, 6) is 0.521. The number of hydrogen-bond donors (Lipinski definition) is 0. The molecule has 0 radical (unpaired) electrons. The molecule has 1 aliphatic rings. The highest BCUT2D eigenvalue weighted by molar-refractivity contribution is 6.34. The quantitative estimate of drug-likeness (QED) is 0.796. The van der Waals surface area contributed by atoms with Gasteiger partial charge < -0.3 is 9.64 Å². The Bertz CT molecular complexity index is 471. The Labute approximate surface area is 129 Å². The molecule has 0 unspecified atom stereocenters. The Hall–Kier alpha value is -0.770. The van der Waals surface area contributed by atoms with Gasteiger partial charge in [-0.2, -0.15) is 0 Å². The third-order valence-corrected chi connectivity index (χ3v) is 4.24. The van der Waals surface area contributed by atoms with Gasteiger partial charge >= 0.3 is 0 Å². The molecule has 0 saturated carbocycles. The summed E-state index contributed by atoms with van der Waals surface area (Å²) in [6.07, 6.45) is 1.92. The highest BCUT2D eigenvalue weighted by Gasteiger charge is 2.25. The van der Waals surface area contributed by atoms with E-state index in [1.807, 2.05) is 24.0 Å². The number of halogens is 2. The number of carbonyl (C=O) groups excluding carboxylic acids is 1. The molecular weight excluding hydrogens is 297 g/mol. The average Bonchev–Trinajstić information content (AvgIpc) is 2.48. The van der Waals surface area contributed by atoms with Gasteiger partial charge in [0.15, 0.2) is 0 Å². The fraction of sp³-hybridized carbons (Fsp3) is 0.533. The third-order valence-electron chi connectivity index (χ3n) is 3.58. The topological polar surface area (TPSA) is 29.5 Å². The molecule has 5 heteroatoms. The molecule has 0 atom stereocenters. The maximum Gasteiger partial charge on any atom is 0.255 e. The fourth-order valence-electron chi connectivity index (χ4n) is 2.42. The van der Waals surface area contributed by atoms with Gasteiger partial charge in [0.2, 0.25) is 0 Å². The largest absolute Gasteiger partial charge is 0.377 e. The first-order valence-corrected chi connectivity index (χ1v) is 7.76. The standard InChI is InChI=1S/C15H19Cl2NO2/c1-11-3-2-4-13(14(11)17)15(19)18-8-5-12(6-9-18)20-10-7-16/h2-4,12H,5-10H2,1H3. The van der Waals surface area contributed by atoms with Gasteiger partial charge in [-0.15, -0.1) is 11.6 Å². The van der Waals surface area contributed by atoms with Crippen molar-refractivity contribution in [1.29, 1.82) is 0 Å². The Morgan fingerprint density at radius 1 is 1.40 bits per heavy atom. The number of benzene rings is 1. The number of nitrogens with zero attached hydrogens (tertiary/aromatic N) is 1. The van der Waals surface area contributed by atoms with Crippen molar-refractivity contribution >= 4 is 29.1 Å². The maximum absolute atomic E-state index is 12.5. The van der Waals surface area contributed by atoms with Crippen molar-refractivity contribution in [1.82, 2.24) is 4.90 Å². The SMILES string of the molecule is Cc1cccc(C(=O)N2CCC(OCCCl)CC2)c1Cl. The van der Waals surface area contributed by atoms with Gasteiger partial charge in [-0.05, 0) is 31.4 Å². The van der Waals surface area contributed by atoms with Crippen LogP contribution in [0.4, 0.5) is 0 Å². The van der Waals surface area contributed by atoms with Crippen molar-refractivity contribution in [2.45, 2.75) is 25.9 Å². The molecule has 20 heavy (non-hydrogen) atoms. The number of carbonyl (C=O) groups is 1. The Morgan fingerprint density at radius 3 is 2.75 bits per heavy atom. The van der Waals surface area contributed by atoms with Crippen LogP contribution in [0, 0.1) is 6.92 Å². The van der Waals surface area contributed by atoms with Crippen LogP contribution in [-0.4, -0.2) is 42.5 Å². The van der Waals surface area contributed by atoms with Crippen LogP contribution in [-0.2, 0) is 4.74 Å². The summed E-state index contributed by atoms with van der Waals surface area (Å²) < 4.78 is 5.61. The molecular formula is C15H19Cl2NO2. The molecule has 0 aliphatic carbocycles. The minimum Gasteiger partial charge on any atom is -0.377 e. The Morgan fingerprint density at radius 2 is 2.10 bits per heavy atom. The number of piperidine rings is 1. The van der Waals surface area contributed by atoms with Crippen LogP contribution in [0.5, 0.6) is 0 Å². The molecule has 3 nitrogen and oxygen atoms in total. The van der Waals surface area contributed by atoms with E-state index in [2.05, 4.69) is 0 Å². The van der Waals surface area contributed by atoms with Crippen molar-refractivity contribution in [2.24, 2.45) is 0 Å². The zero-order valence-corrected chi connectivity index (χ0v) is 13.1. The van der Waals surface area contributed by atoms with E-state index in [0.29, 0.717) is 36.2 Å². The second-order valence-electron chi connectivity index (χ2n) is 4.99. The number of rotatable bonds is 4. The van der Waals surface area contributed by atoms with Crippen LogP contribution in [0.25, 0.3) is 0 Å². The number of ether oxygens (including phenoxy) is 1. The van der Waals surface area contributed by atoms with Crippen molar-refractivity contribution in [2.75, 3.05) is 25.6 Å². The molecule has 0 N–H and O–H groups in total. The molecule has 0 bridgehead atoms. The summed E-state index contributed by atoms with van der Waals surface area (Å²) >= 11 is 11.8. The minimum absolute atomic E-state index is 0.00879. The van der Waals surface area contributed by atoms with Crippen LogP contribution < -0.4 is 0 Å². The van der Waals surface area contributed by atoms with Crippen molar-refractivity contribution < 1.29 is 9.53 Å². The monoisotopic (exact) mass is 315 g/mol. The highest BCUT2D eigenvalue weighted by atomic mass is 35.5. The van der Waals surface area contributed by atoms with Crippen molar-refractivity contribution in [3.8, 4) is 0 Å². The fourth-order valence-corrected chi connectivity index (χ4v) is 2.72. The lowest BCUT2D eigenvalue weighted by Crippen LogP contribution is -2.41. The molecule has 2 rings (SSSR count). The lowest BCUT2D eigenvalue weighted by Gasteiger charge is -2.32. The normalized spacial score (nSPS) is 16.4.